The fraction of sp³-hybridized carbons (Fsp3) is 0.778. The molecule has 7 atom stereocenters. The van der Waals surface area contributed by atoms with Crippen molar-refractivity contribution in [1.29, 1.82) is 0 Å². The van der Waals surface area contributed by atoms with Crippen LogP contribution in [0.25, 0.3) is 0 Å². The molecule has 3 heteroatoms. The van der Waals surface area contributed by atoms with Gasteiger partial charge in [0.2, 0.25) is 0 Å². The molecule has 0 aromatic rings. The molecule has 0 aromatic carbocycles. The molecule has 3 rings (SSSR count). The number of aliphatic hydroxyl groups is 3. The van der Waals surface area contributed by atoms with Crippen molar-refractivity contribution in [1.82, 2.24) is 0 Å². The maximum Gasteiger partial charge on any atom is 0.0783 e. The van der Waals surface area contributed by atoms with E-state index in [4.69, 9.17) is 0 Å². The van der Waals surface area contributed by atoms with E-state index in [-0.39, 0.29) is 5.92 Å². The number of hydrogen-bond donors (Lipinski definition) is 3. The van der Waals surface area contributed by atoms with Crippen LogP contribution >= 0.6 is 0 Å². The van der Waals surface area contributed by atoms with Gasteiger partial charge in [0.15, 0.2) is 0 Å². The molecule has 3 nitrogen and oxygen atoms in total. The molecule has 168 valence electrons. The van der Waals surface area contributed by atoms with Crippen LogP contribution in [0.1, 0.15) is 86.0 Å². The van der Waals surface area contributed by atoms with Crippen LogP contribution in [0.15, 0.2) is 23.3 Å². The van der Waals surface area contributed by atoms with Gasteiger partial charge in [0.05, 0.1) is 17.8 Å². The Labute approximate surface area is 183 Å². The number of fused-ring (bicyclic) bond motifs is 1. The Kier molecular flexibility index (Phi) is 7.22. The molecular weight excluding hydrogens is 372 g/mol. The zero-order valence-corrected chi connectivity index (χ0v) is 19.6. The Morgan fingerprint density at radius 1 is 1.23 bits per heavy atom. The minimum Gasteiger partial charge on any atom is -0.392 e. The van der Waals surface area contributed by atoms with Crippen molar-refractivity contribution < 1.29 is 15.3 Å². The zero-order chi connectivity index (χ0) is 22.1. The van der Waals surface area contributed by atoms with Crippen LogP contribution in [0.2, 0.25) is 0 Å². The van der Waals surface area contributed by atoms with Gasteiger partial charge in [0.25, 0.3) is 0 Å². The quantitative estimate of drug-likeness (QED) is 0.554. The molecule has 0 unspecified atom stereocenters. The van der Waals surface area contributed by atoms with Crippen molar-refractivity contribution in [3.8, 4) is 11.8 Å². The van der Waals surface area contributed by atoms with Gasteiger partial charge >= 0.3 is 0 Å². The molecule has 0 amide bonds. The predicted molar refractivity (Wildman–Crippen MR) is 123 cm³/mol. The minimum absolute atomic E-state index is 0.124. The van der Waals surface area contributed by atoms with Crippen molar-refractivity contribution in [3.63, 3.8) is 0 Å². The lowest BCUT2D eigenvalue weighted by molar-refractivity contribution is 0.0369. The van der Waals surface area contributed by atoms with Gasteiger partial charge in [-0.05, 0) is 75.2 Å². The number of aliphatic hydroxyl groups excluding tert-OH is 2. The molecule has 0 radical (unpaired) electrons. The summed E-state index contributed by atoms with van der Waals surface area (Å²) < 4.78 is 0. The first-order valence-corrected chi connectivity index (χ1v) is 12.0. The van der Waals surface area contributed by atoms with Crippen molar-refractivity contribution >= 4 is 0 Å². The fourth-order valence-corrected chi connectivity index (χ4v) is 6.26. The molecule has 3 aliphatic carbocycles. The Morgan fingerprint density at radius 3 is 2.63 bits per heavy atom. The van der Waals surface area contributed by atoms with Crippen molar-refractivity contribution in [3.05, 3.63) is 23.3 Å². The van der Waals surface area contributed by atoms with Gasteiger partial charge in [-0.3, -0.25) is 0 Å². The summed E-state index contributed by atoms with van der Waals surface area (Å²) in [5, 5.41) is 30.3. The summed E-state index contributed by atoms with van der Waals surface area (Å²) in [6.07, 6.45) is 11.5. The molecular formula is C27H42O3. The lowest BCUT2D eigenvalue weighted by Crippen LogP contribution is -2.35. The summed E-state index contributed by atoms with van der Waals surface area (Å²) in [6, 6.07) is 0. The first-order valence-electron chi connectivity index (χ1n) is 12.0. The SMILES string of the molecule is C[C@H]1[C@H](O)C=C(C#CC2=CCC[C@@]3(C)[C@@H]2CC[C@@H]3[C@H](C)CCCC(C)(C)O)C[C@H]1O. The smallest absolute Gasteiger partial charge is 0.0783 e. The molecule has 0 bridgehead atoms. The standard InChI is InChI=1S/C27H42O3/c1-18(8-6-14-26(3,4)30)22-12-13-23-21(9-7-15-27(22,23)5)11-10-20-16-24(28)19(2)25(29)17-20/h9,16,18-19,22-25,28-30H,6-8,12-15,17H2,1-5H3/t18-,19+,22-,23-,24-,25-,27-/m1/s1. The first kappa shape index (κ1) is 23.6. The highest BCUT2D eigenvalue weighted by Gasteiger charge is 2.50. The van der Waals surface area contributed by atoms with Gasteiger partial charge in [0.1, 0.15) is 0 Å². The van der Waals surface area contributed by atoms with E-state index in [1.807, 2.05) is 26.8 Å². The van der Waals surface area contributed by atoms with Gasteiger partial charge in [-0.15, -0.1) is 0 Å². The van der Waals surface area contributed by atoms with Gasteiger partial charge in [0, 0.05) is 23.5 Å². The maximum atomic E-state index is 10.2. The van der Waals surface area contributed by atoms with E-state index < -0.39 is 17.8 Å². The molecule has 0 spiro atoms. The number of hydrogen-bond acceptors (Lipinski definition) is 3. The Morgan fingerprint density at radius 2 is 1.97 bits per heavy atom. The number of rotatable bonds is 5. The van der Waals surface area contributed by atoms with E-state index >= 15 is 0 Å². The van der Waals surface area contributed by atoms with E-state index in [9.17, 15) is 15.3 Å². The third-order valence-electron chi connectivity index (χ3n) is 8.28. The number of allylic oxidation sites excluding steroid dienone is 2. The normalized spacial score (nSPS) is 37.5. The summed E-state index contributed by atoms with van der Waals surface area (Å²) >= 11 is 0. The Balaban J connectivity index is 1.68. The fourth-order valence-electron chi connectivity index (χ4n) is 6.26. The van der Waals surface area contributed by atoms with Crippen LogP contribution < -0.4 is 0 Å². The zero-order valence-electron chi connectivity index (χ0n) is 19.6. The van der Waals surface area contributed by atoms with E-state index in [0.29, 0.717) is 29.6 Å². The average molecular weight is 415 g/mol. The van der Waals surface area contributed by atoms with Gasteiger partial charge in [-0.25, -0.2) is 0 Å². The van der Waals surface area contributed by atoms with Gasteiger partial charge in [-0.2, -0.15) is 0 Å². The largest absolute Gasteiger partial charge is 0.392 e. The highest BCUT2D eigenvalue weighted by atomic mass is 16.3. The van der Waals surface area contributed by atoms with E-state index in [1.165, 1.54) is 31.3 Å². The van der Waals surface area contributed by atoms with Crippen LogP contribution in [0.3, 0.4) is 0 Å². The third-order valence-corrected chi connectivity index (χ3v) is 8.28. The summed E-state index contributed by atoms with van der Waals surface area (Å²) in [5.41, 5.74) is 1.89. The minimum atomic E-state index is -0.607. The topological polar surface area (TPSA) is 60.7 Å². The molecule has 0 aliphatic heterocycles. The van der Waals surface area contributed by atoms with Gasteiger partial charge < -0.3 is 15.3 Å². The molecule has 3 N–H and O–H groups in total. The second-order valence-electron chi connectivity index (χ2n) is 11.2. The molecule has 0 aromatic heterocycles. The average Bonchev–Trinajstić information content (AvgIpc) is 3.00. The highest BCUT2D eigenvalue weighted by molar-refractivity contribution is 5.43. The van der Waals surface area contributed by atoms with Gasteiger partial charge in [-0.1, -0.05) is 51.5 Å². The second kappa shape index (κ2) is 9.19. The van der Waals surface area contributed by atoms with E-state index in [1.54, 1.807) is 0 Å². The molecule has 0 heterocycles. The van der Waals surface area contributed by atoms with Crippen molar-refractivity contribution in [2.24, 2.45) is 29.1 Å². The summed E-state index contributed by atoms with van der Waals surface area (Å²) in [4.78, 5) is 0. The monoisotopic (exact) mass is 414 g/mol. The van der Waals surface area contributed by atoms with Crippen LogP contribution in [0, 0.1) is 40.9 Å². The van der Waals surface area contributed by atoms with Crippen LogP contribution in [0.4, 0.5) is 0 Å². The molecule has 3 aliphatic rings. The maximum absolute atomic E-state index is 10.2. The lowest BCUT2D eigenvalue weighted by Gasteiger charge is -2.42. The Hall–Kier alpha value is -1.08. The molecule has 0 saturated heterocycles. The summed E-state index contributed by atoms with van der Waals surface area (Å²) in [6.45, 7) is 10.6. The highest BCUT2D eigenvalue weighted by Crippen LogP contribution is 2.58. The molecule has 1 fully saturated rings. The van der Waals surface area contributed by atoms with Crippen molar-refractivity contribution in [2.75, 3.05) is 0 Å². The lowest BCUT2D eigenvalue weighted by atomic mass is 9.62. The van der Waals surface area contributed by atoms with Crippen LogP contribution in [-0.2, 0) is 0 Å². The summed E-state index contributed by atoms with van der Waals surface area (Å²) in [5.74, 6) is 8.53. The second-order valence-corrected chi connectivity index (χ2v) is 11.2. The molecule has 30 heavy (non-hydrogen) atoms. The van der Waals surface area contributed by atoms with Crippen molar-refractivity contribution in [2.45, 2.75) is 104 Å². The van der Waals surface area contributed by atoms with E-state index in [2.05, 4.69) is 31.8 Å². The van der Waals surface area contributed by atoms with Crippen LogP contribution in [0.5, 0.6) is 0 Å². The summed E-state index contributed by atoms with van der Waals surface area (Å²) in [7, 11) is 0. The third kappa shape index (κ3) is 5.21. The molecule has 1 saturated carbocycles. The Bertz CT molecular complexity index is 731. The van der Waals surface area contributed by atoms with Crippen LogP contribution in [-0.4, -0.2) is 33.1 Å². The predicted octanol–water partition coefficient (Wildman–Crippen LogP) is 5.01. The van der Waals surface area contributed by atoms with E-state index in [0.717, 1.165) is 24.8 Å². The first-order chi connectivity index (χ1) is 14.0.